The van der Waals surface area contributed by atoms with E-state index in [1.54, 1.807) is 47.9 Å². The molecule has 2 aliphatic rings. The minimum Gasteiger partial charge on any atom is -0.481 e. The van der Waals surface area contributed by atoms with Gasteiger partial charge in [0, 0.05) is 37.9 Å². The third-order valence-corrected chi connectivity index (χ3v) is 8.23. The van der Waals surface area contributed by atoms with Crippen LogP contribution in [0.25, 0.3) is 0 Å². The molecule has 0 N–H and O–H groups in total. The molecule has 0 spiro atoms. The molecule has 0 amide bonds. The van der Waals surface area contributed by atoms with Gasteiger partial charge in [0.1, 0.15) is 0 Å². The molecule has 2 aromatic rings. The highest BCUT2D eigenvalue weighted by Crippen LogP contribution is 2.34. The van der Waals surface area contributed by atoms with Crippen LogP contribution in [-0.2, 0) is 10.0 Å². The third kappa shape index (κ3) is 4.44. The Bertz CT molecular complexity index is 930. The fraction of sp³-hybridized carbons (Fsp3) is 0.545. The molecule has 3 heterocycles. The predicted molar refractivity (Wildman–Crippen MR) is 116 cm³/mol. The summed E-state index contributed by atoms with van der Waals surface area (Å²) < 4.78 is 33.9. The number of aromatic nitrogens is 2. The summed E-state index contributed by atoms with van der Waals surface area (Å²) in [4.78, 5) is 11.4. The van der Waals surface area contributed by atoms with E-state index in [2.05, 4.69) is 14.9 Å². The van der Waals surface area contributed by atoms with Crippen LogP contribution in [0.1, 0.15) is 38.5 Å². The highest BCUT2D eigenvalue weighted by Gasteiger charge is 2.38. The zero-order chi connectivity index (χ0) is 21.0. The fourth-order valence-electron chi connectivity index (χ4n) is 4.69. The largest absolute Gasteiger partial charge is 0.481 e. The maximum atomic E-state index is 13.4. The molecule has 0 unspecified atom stereocenters. The van der Waals surface area contributed by atoms with Crippen LogP contribution in [-0.4, -0.2) is 55.5 Å². The molecule has 0 radical (unpaired) electrons. The molecule has 162 valence electrons. The van der Waals surface area contributed by atoms with E-state index < -0.39 is 10.0 Å². The number of hydrogen-bond acceptors (Lipinski definition) is 6. The number of rotatable bonds is 5. The zero-order valence-corrected chi connectivity index (χ0v) is 18.3. The lowest BCUT2D eigenvalue weighted by Crippen LogP contribution is -2.48. The molecule has 0 saturated carbocycles. The quantitative estimate of drug-likeness (QED) is 0.724. The van der Waals surface area contributed by atoms with E-state index in [-0.39, 0.29) is 6.04 Å². The van der Waals surface area contributed by atoms with Crippen molar-refractivity contribution in [2.45, 2.75) is 49.5 Å². The molecule has 2 fully saturated rings. The van der Waals surface area contributed by atoms with Gasteiger partial charge in [0.15, 0.2) is 0 Å². The number of ether oxygens (including phenoxy) is 1. The maximum Gasteiger partial charge on any atom is 0.243 e. The van der Waals surface area contributed by atoms with Gasteiger partial charge in [-0.2, -0.15) is 9.29 Å². The molecule has 1 aromatic carbocycles. The number of hydrogen-bond donors (Lipinski definition) is 0. The Balaban J connectivity index is 1.50. The van der Waals surface area contributed by atoms with Crippen LogP contribution in [0.4, 0.5) is 5.95 Å². The number of sulfonamides is 1. The Kier molecular flexibility index (Phi) is 6.53. The number of methoxy groups -OCH3 is 1. The van der Waals surface area contributed by atoms with Crippen molar-refractivity contribution in [1.29, 1.82) is 0 Å². The fourth-order valence-corrected chi connectivity index (χ4v) is 6.46. The van der Waals surface area contributed by atoms with Crippen molar-refractivity contribution in [2.24, 2.45) is 5.92 Å². The summed E-state index contributed by atoms with van der Waals surface area (Å²) in [6.45, 7) is 2.27. The summed E-state index contributed by atoms with van der Waals surface area (Å²) in [6.07, 6.45) is 7.63. The van der Waals surface area contributed by atoms with Crippen molar-refractivity contribution < 1.29 is 13.2 Å². The Morgan fingerprint density at radius 1 is 0.967 bits per heavy atom. The third-order valence-electron chi connectivity index (χ3n) is 6.29. The standard InChI is InChI=1S/C22H30N4O3S/c1-29-21-11-14-23-22(24-21)25-16-12-18(13-17-25)20-10-6-3-7-15-26(20)30(27,28)19-8-4-2-5-9-19/h2,4-5,8-9,11,14,18,20H,3,6-7,10,12-13,15-17H2,1H3/t20-/m0/s1. The molecule has 30 heavy (non-hydrogen) atoms. The molecule has 8 heteroatoms. The van der Waals surface area contributed by atoms with Gasteiger partial charge in [0.2, 0.25) is 21.9 Å². The van der Waals surface area contributed by atoms with Crippen LogP contribution in [0.15, 0.2) is 47.5 Å². The van der Waals surface area contributed by atoms with Gasteiger partial charge in [-0.05, 0) is 43.7 Å². The summed E-state index contributed by atoms with van der Waals surface area (Å²) in [6, 6.07) is 10.7. The Hall–Kier alpha value is -2.19. The predicted octanol–water partition coefficient (Wildman–Crippen LogP) is 3.34. The van der Waals surface area contributed by atoms with Crippen LogP contribution >= 0.6 is 0 Å². The van der Waals surface area contributed by atoms with Crippen molar-refractivity contribution in [3.63, 3.8) is 0 Å². The van der Waals surface area contributed by atoms with Crippen molar-refractivity contribution in [1.82, 2.24) is 14.3 Å². The van der Waals surface area contributed by atoms with Gasteiger partial charge < -0.3 is 9.64 Å². The Morgan fingerprint density at radius 3 is 2.47 bits per heavy atom. The zero-order valence-electron chi connectivity index (χ0n) is 17.5. The topological polar surface area (TPSA) is 75.6 Å². The number of anilines is 1. The van der Waals surface area contributed by atoms with Gasteiger partial charge in [0.25, 0.3) is 0 Å². The lowest BCUT2D eigenvalue weighted by molar-refractivity contribution is 0.205. The Morgan fingerprint density at radius 2 is 1.73 bits per heavy atom. The molecule has 7 nitrogen and oxygen atoms in total. The lowest BCUT2D eigenvalue weighted by atomic mass is 9.87. The van der Waals surface area contributed by atoms with Crippen molar-refractivity contribution >= 4 is 16.0 Å². The average molecular weight is 431 g/mol. The summed E-state index contributed by atoms with van der Waals surface area (Å²) in [5.41, 5.74) is 0. The molecule has 1 atom stereocenters. The van der Waals surface area contributed by atoms with Gasteiger partial charge in [-0.25, -0.2) is 13.4 Å². The van der Waals surface area contributed by atoms with Crippen LogP contribution in [0, 0.1) is 5.92 Å². The van der Waals surface area contributed by atoms with Gasteiger partial charge in [0.05, 0.1) is 12.0 Å². The van der Waals surface area contributed by atoms with Crippen LogP contribution < -0.4 is 9.64 Å². The molecule has 1 aromatic heterocycles. The summed E-state index contributed by atoms with van der Waals surface area (Å²) >= 11 is 0. The number of benzene rings is 1. The first-order valence-corrected chi connectivity index (χ1v) is 12.2. The number of nitrogens with zero attached hydrogens (tertiary/aromatic N) is 4. The second-order valence-corrected chi connectivity index (χ2v) is 9.96. The summed E-state index contributed by atoms with van der Waals surface area (Å²) in [5.74, 6) is 1.59. The van der Waals surface area contributed by atoms with Gasteiger partial charge in [-0.1, -0.05) is 31.0 Å². The summed E-state index contributed by atoms with van der Waals surface area (Å²) in [7, 11) is -1.88. The number of piperidine rings is 1. The van der Waals surface area contributed by atoms with E-state index in [1.165, 1.54) is 0 Å². The van der Waals surface area contributed by atoms with E-state index in [4.69, 9.17) is 4.74 Å². The molecular formula is C22H30N4O3S. The minimum absolute atomic E-state index is 0.0612. The van der Waals surface area contributed by atoms with Gasteiger partial charge >= 0.3 is 0 Å². The molecule has 2 aliphatic heterocycles. The molecule has 4 rings (SSSR count). The SMILES string of the molecule is COc1ccnc(N2CCC([C@@H]3CCCCCN3S(=O)(=O)c3ccccc3)CC2)n1. The summed E-state index contributed by atoms with van der Waals surface area (Å²) in [5, 5.41) is 0. The molecular weight excluding hydrogens is 400 g/mol. The van der Waals surface area contributed by atoms with E-state index in [0.29, 0.717) is 29.2 Å². The smallest absolute Gasteiger partial charge is 0.243 e. The minimum atomic E-state index is -3.48. The molecule has 2 saturated heterocycles. The van der Waals surface area contributed by atoms with E-state index >= 15 is 0 Å². The van der Waals surface area contributed by atoms with Crippen LogP contribution in [0.5, 0.6) is 5.88 Å². The monoisotopic (exact) mass is 430 g/mol. The highest BCUT2D eigenvalue weighted by atomic mass is 32.2. The van der Waals surface area contributed by atoms with Crippen molar-refractivity contribution in [2.75, 3.05) is 31.6 Å². The van der Waals surface area contributed by atoms with Crippen molar-refractivity contribution in [3.05, 3.63) is 42.6 Å². The first-order valence-electron chi connectivity index (χ1n) is 10.8. The van der Waals surface area contributed by atoms with Crippen LogP contribution in [0.2, 0.25) is 0 Å². The maximum absolute atomic E-state index is 13.4. The van der Waals surface area contributed by atoms with Gasteiger partial charge in [-0.15, -0.1) is 0 Å². The van der Waals surface area contributed by atoms with Crippen molar-refractivity contribution in [3.8, 4) is 5.88 Å². The first kappa shape index (κ1) is 21.1. The van der Waals surface area contributed by atoms with Crippen LogP contribution in [0.3, 0.4) is 0 Å². The second-order valence-electron chi connectivity index (χ2n) is 8.07. The van der Waals surface area contributed by atoms with E-state index in [1.807, 2.05) is 6.07 Å². The second kappa shape index (κ2) is 9.31. The average Bonchev–Trinajstić information content (AvgIpc) is 3.07. The Labute approximate surface area is 179 Å². The van der Waals surface area contributed by atoms with Gasteiger partial charge in [-0.3, -0.25) is 0 Å². The molecule has 0 aliphatic carbocycles. The lowest BCUT2D eigenvalue weighted by Gasteiger charge is -2.40. The van der Waals surface area contributed by atoms with E-state index in [0.717, 1.165) is 51.6 Å². The normalized spacial score (nSPS) is 21.9. The first-order chi connectivity index (χ1) is 14.6. The molecule has 0 bridgehead atoms. The highest BCUT2D eigenvalue weighted by molar-refractivity contribution is 7.89. The van der Waals surface area contributed by atoms with E-state index in [9.17, 15) is 8.42 Å².